The molecule has 0 amide bonds. The van der Waals surface area contributed by atoms with Crippen molar-refractivity contribution >= 4 is 5.97 Å². The Hall–Kier alpha value is -2.09. The van der Waals surface area contributed by atoms with Crippen LogP contribution < -0.4 is 0 Å². The third kappa shape index (κ3) is 2.59. The summed E-state index contributed by atoms with van der Waals surface area (Å²) in [4.78, 5) is 11.3. The molecule has 0 spiro atoms. The maximum Gasteiger partial charge on any atom is 0.307 e. The fourth-order valence-corrected chi connectivity index (χ4v) is 2.23. The average Bonchev–Trinajstić information content (AvgIpc) is 2.41. The van der Waals surface area contributed by atoms with Gasteiger partial charge in [-0.25, -0.2) is 0 Å². The topological polar surface area (TPSA) is 37.3 Å². The van der Waals surface area contributed by atoms with E-state index >= 15 is 0 Å². The number of benzene rings is 2. The Morgan fingerprint density at radius 1 is 0.889 bits per heavy atom. The largest absolute Gasteiger partial charge is 0.481 e. The van der Waals surface area contributed by atoms with Gasteiger partial charge in [0.15, 0.2) is 0 Å². The lowest BCUT2D eigenvalue weighted by atomic mass is 9.82. The number of hydrogen-bond acceptors (Lipinski definition) is 1. The van der Waals surface area contributed by atoms with E-state index in [0.717, 1.165) is 11.1 Å². The second-order valence-corrected chi connectivity index (χ2v) is 4.43. The lowest BCUT2D eigenvalue weighted by molar-refractivity contribution is -0.141. The zero-order valence-electron chi connectivity index (χ0n) is 10.3. The fraction of sp³-hybridized carbons (Fsp3) is 0.188. The Bertz CT molecular complexity index is 466. The first kappa shape index (κ1) is 12.4. The molecule has 0 radical (unpaired) electrons. The van der Waals surface area contributed by atoms with Gasteiger partial charge in [0, 0.05) is 5.92 Å². The van der Waals surface area contributed by atoms with Crippen LogP contribution >= 0.6 is 0 Å². The first-order valence-corrected chi connectivity index (χ1v) is 6.03. The molecule has 1 unspecified atom stereocenters. The van der Waals surface area contributed by atoms with Gasteiger partial charge in [-0.3, -0.25) is 4.79 Å². The van der Waals surface area contributed by atoms with Gasteiger partial charge in [-0.15, -0.1) is 0 Å². The quantitative estimate of drug-likeness (QED) is 0.887. The Kier molecular flexibility index (Phi) is 3.78. The minimum absolute atomic E-state index is 0.107. The highest BCUT2D eigenvalue weighted by Gasteiger charge is 2.26. The number of carboxylic acids is 1. The molecule has 2 heteroatoms. The third-order valence-electron chi connectivity index (χ3n) is 3.21. The fourth-order valence-electron chi connectivity index (χ4n) is 2.23. The molecule has 0 aromatic heterocycles. The van der Waals surface area contributed by atoms with E-state index in [2.05, 4.69) is 0 Å². The monoisotopic (exact) mass is 240 g/mol. The summed E-state index contributed by atoms with van der Waals surface area (Å²) in [7, 11) is 0. The first-order valence-electron chi connectivity index (χ1n) is 6.03. The van der Waals surface area contributed by atoms with Crippen molar-refractivity contribution in [2.45, 2.75) is 12.8 Å². The third-order valence-corrected chi connectivity index (χ3v) is 3.21. The number of hydrogen-bond donors (Lipinski definition) is 1. The van der Waals surface area contributed by atoms with E-state index in [-0.39, 0.29) is 5.92 Å². The van der Waals surface area contributed by atoms with E-state index in [1.807, 2.05) is 60.7 Å². The standard InChI is InChI=1S/C16H16O2/c1-12(16(17)18)15(13-8-4-2-5-9-13)14-10-6-3-7-11-14/h2-12,15H,1H3,(H,17,18). The zero-order chi connectivity index (χ0) is 13.0. The molecule has 0 heterocycles. The van der Waals surface area contributed by atoms with Crippen LogP contribution in [0.5, 0.6) is 0 Å². The van der Waals surface area contributed by atoms with Crippen LogP contribution in [-0.4, -0.2) is 11.1 Å². The summed E-state index contributed by atoms with van der Waals surface area (Å²) in [5.41, 5.74) is 2.08. The minimum Gasteiger partial charge on any atom is -0.481 e. The maximum atomic E-state index is 11.3. The van der Waals surface area contributed by atoms with Gasteiger partial charge in [0.05, 0.1) is 5.92 Å². The van der Waals surface area contributed by atoms with Crippen LogP contribution in [0.3, 0.4) is 0 Å². The number of carbonyl (C=O) groups is 1. The van der Waals surface area contributed by atoms with Crippen LogP contribution in [0.1, 0.15) is 24.0 Å². The summed E-state index contributed by atoms with van der Waals surface area (Å²) in [5.74, 6) is -1.33. The smallest absolute Gasteiger partial charge is 0.307 e. The second-order valence-electron chi connectivity index (χ2n) is 4.43. The van der Waals surface area contributed by atoms with Crippen molar-refractivity contribution in [1.82, 2.24) is 0 Å². The molecule has 0 saturated heterocycles. The van der Waals surface area contributed by atoms with E-state index in [1.54, 1.807) is 6.92 Å². The molecule has 92 valence electrons. The maximum absolute atomic E-state index is 11.3. The molecule has 2 nitrogen and oxygen atoms in total. The van der Waals surface area contributed by atoms with E-state index < -0.39 is 11.9 Å². The molecule has 18 heavy (non-hydrogen) atoms. The predicted octanol–water partition coefficient (Wildman–Crippen LogP) is 3.54. The molecular formula is C16H16O2. The summed E-state index contributed by atoms with van der Waals surface area (Å²) in [6.45, 7) is 1.76. The van der Waals surface area contributed by atoms with Crippen molar-refractivity contribution in [3.63, 3.8) is 0 Å². The lowest BCUT2D eigenvalue weighted by Crippen LogP contribution is -2.20. The highest BCUT2D eigenvalue weighted by molar-refractivity contribution is 5.72. The summed E-state index contributed by atoms with van der Waals surface area (Å²) < 4.78 is 0. The first-order chi connectivity index (χ1) is 8.70. The average molecular weight is 240 g/mol. The molecule has 0 aliphatic heterocycles. The van der Waals surface area contributed by atoms with E-state index in [0.29, 0.717) is 0 Å². The molecule has 0 saturated carbocycles. The Labute approximate surface area is 107 Å². The number of aliphatic carboxylic acids is 1. The van der Waals surface area contributed by atoms with Crippen molar-refractivity contribution in [3.05, 3.63) is 71.8 Å². The van der Waals surface area contributed by atoms with Crippen molar-refractivity contribution < 1.29 is 9.90 Å². The van der Waals surface area contributed by atoms with Crippen molar-refractivity contribution in [2.24, 2.45) is 5.92 Å². The molecule has 0 fully saturated rings. The van der Waals surface area contributed by atoms with Gasteiger partial charge < -0.3 is 5.11 Å². The molecule has 2 rings (SSSR count). The Morgan fingerprint density at radius 2 is 1.28 bits per heavy atom. The van der Waals surface area contributed by atoms with Crippen LogP contribution in [0.2, 0.25) is 0 Å². The molecular weight excluding hydrogens is 224 g/mol. The van der Waals surface area contributed by atoms with Gasteiger partial charge in [0.1, 0.15) is 0 Å². The van der Waals surface area contributed by atoms with Crippen LogP contribution in [0.4, 0.5) is 0 Å². The lowest BCUT2D eigenvalue weighted by Gasteiger charge is -2.22. The van der Waals surface area contributed by atoms with Crippen LogP contribution in [0.25, 0.3) is 0 Å². The zero-order valence-corrected chi connectivity index (χ0v) is 10.3. The highest BCUT2D eigenvalue weighted by Crippen LogP contribution is 2.31. The van der Waals surface area contributed by atoms with Crippen LogP contribution in [-0.2, 0) is 4.79 Å². The summed E-state index contributed by atoms with van der Waals surface area (Å²) >= 11 is 0. The van der Waals surface area contributed by atoms with Gasteiger partial charge in [0.2, 0.25) is 0 Å². The van der Waals surface area contributed by atoms with Gasteiger partial charge in [-0.05, 0) is 11.1 Å². The van der Waals surface area contributed by atoms with Crippen LogP contribution in [0, 0.1) is 5.92 Å². The molecule has 1 atom stereocenters. The van der Waals surface area contributed by atoms with E-state index in [1.165, 1.54) is 0 Å². The van der Waals surface area contributed by atoms with Gasteiger partial charge in [-0.1, -0.05) is 67.6 Å². The molecule has 2 aromatic carbocycles. The van der Waals surface area contributed by atoms with E-state index in [4.69, 9.17) is 0 Å². The predicted molar refractivity (Wildman–Crippen MR) is 71.5 cm³/mol. The minimum atomic E-state index is -0.771. The van der Waals surface area contributed by atoms with Crippen molar-refractivity contribution in [1.29, 1.82) is 0 Å². The van der Waals surface area contributed by atoms with Gasteiger partial charge >= 0.3 is 5.97 Å². The summed E-state index contributed by atoms with van der Waals surface area (Å²) in [5, 5.41) is 9.28. The molecule has 1 N–H and O–H groups in total. The number of carboxylic acid groups (broad SMARTS) is 1. The molecule has 2 aromatic rings. The van der Waals surface area contributed by atoms with Crippen molar-refractivity contribution in [3.8, 4) is 0 Å². The Morgan fingerprint density at radius 3 is 1.61 bits per heavy atom. The SMILES string of the molecule is CC(C(=O)O)C(c1ccccc1)c1ccccc1. The van der Waals surface area contributed by atoms with Gasteiger partial charge in [-0.2, -0.15) is 0 Å². The van der Waals surface area contributed by atoms with E-state index in [9.17, 15) is 9.90 Å². The van der Waals surface area contributed by atoms with Crippen LogP contribution in [0.15, 0.2) is 60.7 Å². The number of rotatable bonds is 4. The Balaban J connectivity index is 2.45. The molecule has 0 bridgehead atoms. The highest BCUT2D eigenvalue weighted by atomic mass is 16.4. The summed E-state index contributed by atoms with van der Waals surface area (Å²) in [6.07, 6.45) is 0. The van der Waals surface area contributed by atoms with Gasteiger partial charge in [0.25, 0.3) is 0 Å². The van der Waals surface area contributed by atoms with Crippen molar-refractivity contribution in [2.75, 3.05) is 0 Å². The molecule has 0 aliphatic carbocycles. The second kappa shape index (κ2) is 5.50. The molecule has 0 aliphatic rings. The summed E-state index contributed by atoms with van der Waals surface area (Å²) in [6, 6.07) is 19.6. The normalized spacial score (nSPS) is 12.3.